The molecule has 0 unspecified atom stereocenters. The minimum Gasteiger partial charge on any atom is -0.478 e. The first-order chi connectivity index (χ1) is 13.5. The number of likely N-dealkylation sites (N-methyl/N-ethyl adjacent to an activating group) is 1. The molecule has 0 aliphatic carbocycles. The van der Waals surface area contributed by atoms with Crippen LogP contribution in [-0.4, -0.2) is 34.8 Å². The van der Waals surface area contributed by atoms with E-state index in [0.717, 1.165) is 11.1 Å². The number of hydrazone groups is 1. The standard InChI is InChI=1S/C22H16N2O4/c1-24-21(25)18(20(23-24)15-5-3-2-4-6-15)13-17-11-12-19(28-17)14-7-9-16(10-8-14)22(26)27/h2-13H,1H3,(H,26,27). The highest BCUT2D eigenvalue weighted by Gasteiger charge is 2.28. The highest BCUT2D eigenvalue weighted by atomic mass is 16.4. The van der Waals surface area contributed by atoms with E-state index in [4.69, 9.17) is 9.52 Å². The van der Waals surface area contributed by atoms with Crippen LogP contribution in [0.2, 0.25) is 0 Å². The fraction of sp³-hybridized carbons (Fsp3) is 0.0455. The van der Waals surface area contributed by atoms with Crippen molar-refractivity contribution in [1.82, 2.24) is 5.01 Å². The summed E-state index contributed by atoms with van der Waals surface area (Å²) in [5.74, 6) is -0.0870. The van der Waals surface area contributed by atoms with Crippen molar-refractivity contribution in [3.05, 3.63) is 89.2 Å². The van der Waals surface area contributed by atoms with E-state index in [0.29, 0.717) is 22.8 Å². The normalized spacial score (nSPS) is 15.2. The molecule has 2 aromatic carbocycles. The van der Waals surface area contributed by atoms with Crippen molar-refractivity contribution >= 4 is 23.7 Å². The third-order valence-electron chi connectivity index (χ3n) is 4.41. The number of carbonyl (C=O) groups excluding carboxylic acids is 1. The van der Waals surface area contributed by atoms with Gasteiger partial charge in [0.2, 0.25) is 0 Å². The molecule has 4 rings (SSSR count). The lowest BCUT2D eigenvalue weighted by molar-refractivity contribution is -0.124. The van der Waals surface area contributed by atoms with Gasteiger partial charge < -0.3 is 9.52 Å². The van der Waals surface area contributed by atoms with Crippen molar-refractivity contribution in [3.63, 3.8) is 0 Å². The maximum Gasteiger partial charge on any atom is 0.335 e. The SMILES string of the molecule is CN1N=C(c2ccccc2)C(=Cc2ccc(-c3ccc(C(=O)O)cc3)o2)C1=O. The van der Waals surface area contributed by atoms with Crippen LogP contribution in [0.25, 0.3) is 17.4 Å². The molecule has 3 aromatic rings. The van der Waals surface area contributed by atoms with Crippen LogP contribution in [0, 0.1) is 0 Å². The maximum atomic E-state index is 12.5. The topological polar surface area (TPSA) is 83.1 Å². The monoisotopic (exact) mass is 372 g/mol. The zero-order chi connectivity index (χ0) is 19.7. The van der Waals surface area contributed by atoms with Crippen LogP contribution in [0.1, 0.15) is 21.7 Å². The molecule has 2 heterocycles. The van der Waals surface area contributed by atoms with Gasteiger partial charge in [0.05, 0.1) is 11.1 Å². The van der Waals surface area contributed by atoms with Crippen molar-refractivity contribution in [3.8, 4) is 11.3 Å². The number of benzene rings is 2. The molecule has 0 bridgehead atoms. The summed E-state index contributed by atoms with van der Waals surface area (Å²) in [6, 6.07) is 19.5. The third kappa shape index (κ3) is 3.23. The highest BCUT2D eigenvalue weighted by Crippen LogP contribution is 2.26. The Morgan fingerprint density at radius 1 is 1.00 bits per heavy atom. The van der Waals surface area contributed by atoms with E-state index < -0.39 is 5.97 Å². The summed E-state index contributed by atoms with van der Waals surface area (Å²) < 4.78 is 5.85. The molecule has 1 aliphatic heterocycles. The highest BCUT2D eigenvalue weighted by molar-refractivity contribution is 6.33. The number of aromatic carboxylic acids is 1. The van der Waals surface area contributed by atoms with Gasteiger partial charge in [-0.25, -0.2) is 9.80 Å². The largest absolute Gasteiger partial charge is 0.478 e. The second-order valence-corrected chi connectivity index (χ2v) is 6.29. The number of furan rings is 1. The van der Waals surface area contributed by atoms with Gasteiger partial charge in [-0.05, 0) is 30.3 Å². The van der Waals surface area contributed by atoms with Crippen LogP contribution < -0.4 is 0 Å². The molecule has 6 heteroatoms. The molecule has 0 atom stereocenters. The molecule has 6 nitrogen and oxygen atoms in total. The number of rotatable bonds is 4. The summed E-state index contributed by atoms with van der Waals surface area (Å²) in [6.45, 7) is 0. The molecule has 0 radical (unpaired) electrons. The Balaban J connectivity index is 1.66. The molecule has 0 fully saturated rings. The number of nitrogens with zero attached hydrogens (tertiary/aromatic N) is 2. The Morgan fingerprint density at radius 2 is 1.71 bits per heavy atom. The summed E-state index contributed by atoms with van der Waals surface area (Å²) in [7, 11) is 1.61. The summed E-state index contributed by atoms with van der Waals surface area (Å²) >= 11 is 0. The predicted octanol–water partition coefficient (Wildman–Crippen LogP) is 3.90. The van der Waals surface area contributed by atoms with Gasteiger partial charge in [-0.2, -0.15) is 5.10 Å². The Bertz CT molecular complexity index is 1110. The second kappa shape index (κ2) is 7.00. The lowest BCUT2D eigenvalue weighted by Gasteiger charge is -2.02. The van der Waals surface area contributed by atoms with Gasteiger partial charge in [0.25, 0.3) is 5.91 Å². The number of hydrogen-bond donors (Lipinski definition) is 1. The van der Waals surface area contributed by atoms with Crippen LogP contribution in [0.3, 0.4) is 0 Å². The Morgan fingerprint density at radius 3 is 2.39 bits per heavy atom. The van der Waals surface area contributed by atoms with Crippen LogP contribution >= 0.6 is 0 Å². The smallest absolute Gasteiger partial charge is 0.335 e. The summed E-state index contributed by atoms with van der Waals surface area (Å²) in [4.78, 5) is 23.5. The number of carboxylic acids is 1. The van der Waals surface area contributed by atoms with E-state index in [9.17, 15) is 9.59 Å². The van der Waals surface area contributed by atoms with Gasteiger partial charge in [-0.3, -0.25) is 4.79 Å². The molecule has 1 aromatic heterocycles. The van der Waals surface area contributed by atoms with E-state index in [-0.39, 0.29) is 11.5 Å². The van der Waals surface area contributed by atoms with E-state index in [2.05, 4.69) is 5.10 Å². The Labute approximate surface area is 161 Å². The van der Waals surface area contributed by atoms with Crippen molar-refractivity contribution in [2.24, 2.45) is 5.10 Å². The Kier molecular flexibility index (Phi) is 4.37. The van der Waals surface area contributed by atoms with Crippen molar-refractivity contribution in [1.29, 1.82) is 0 Å². The summed E-state index contributed by atoms with van der Waals surface area (Å²) in [5.41, 5.74) is 2.86. The van der Waals surface area contributed by atoms with Crippen LogP contribution in [-0.2, 0) is 4.79 Å². The minimum atomic E-state index is -0.979. The van der Waals surface area contributed by atoms with Gasteiger partial charge in [0, 0.05) is 18.2 Å². The van der Waals surface area contributed by atoms with Crippen LogP contribution in [0.15, 0.2) is 81.8 Å². The van der Waals surface area contributed by atoms with E-state index >= 15 is 0 Å². The summed E-state index contributed by atoms with van der Waals surface area (Å²) in [5, 5.41) is 14.6. The third-order valence-corrected chi connectivity index (χ3v) is 4.41. The number of amides is 1. The maximum absolute atomic E-state index is 12.5. The average Bonchev–Trinajstić information content (AvgIpc) is 3.29. The molecule has 0 saturated heterocycles. The van der Waals surface area contributed by atoms with Crippen molar-refractivity contribution < 1.29 is 19.1 Å². The fourth-order valence-electron chi connectivity index (χ4n) is 2.97. The van der Waals surface area contributed by atoms with E-state index in [1.54, 1.807) is 37.4 Å². The molecule has 138 valence electrons. The number of carboxylic acid groups (broad SMARTS) is 1. The van der Waals surface area contributed by atoms with Crippen molar-refractivity contribution in [2.75, 3.05) is 7.05 Å². The molecule has 1 aliphatic rings. The second-order valence-electron chi connectivity index (χ2n) is 6.29. The average molecular weight is 372 g/mol. The van der Waals surface area contributed by atoms with Gasteiger partial charge in [0.15, 0.2) is 0 Å². The van der Waals surface area contributed by atoms with Gasteiger partial charge in [-0.15, -0.1) is 0 Å². The zero-order valence-corrected chi connectivity index (χ0v) is 15.0. The number of hydrogen-bond acceptors (Lipinski definition) is 4. The lowest BCUT2D eigenvalue weighted by atomic mass is 10.0. The quantitative estimate of drug-likeness (QED) is 0.704. The fourth-order valence-corrected chi connectivity index (χ4v) is 2.97. The van der Waals surface area contributed by atoms with Gasteiger partial charge in [0.1, 0.15) is 17.2 Å². The van der Waals surface area contributed by atoms with Gasteiger partial charge >= 0.3 is 5.97 Å². The molecule has 0 spiro atoms. The van der Waals surface area contributed by atoms with E-state index in [1.165, 1.54) is 17.1 Å². The van der Waals surface area contributed by atoms with Crippen LogP contribution in [0.5, 0.6) is 0 Å². The van der Waals surface area contributed by atoms with Crippen LogP contribution in [0.4, 0.5) is 0 Å². The molecule has 28 heavy (non-hydrogen) atoms. The predicted molar refractivity (Wildman–Crippen MR) is 105 cm³/mol. The van der Waals surface area contributed by atoms with Crippen molar-refractivity contribution in [2.45, 2.75) is 0 Å². The first kappa shape index (κ1) is 17.5. The molecular formula is C22H16N2O4. The molecule has 0 saturated carbocycles. The molecule has 1 N–H and O–H groups in total. The number of carbonyl (C=O) groups is 2. The van der Waals surface area contributed by atoms with Gasteiger partial charge in [-0.1, -0.05) is 42.5 Å². The molecular weight excluding hydrogens is 356 g/mol. The zero-order valence-electron chi connectivity index (χ0n) is 15.0. The first-order valence-electron chi connectivity index (χ1n) is 8.60. The first-order valence-corrected chi connectivity index (χ1v) is 8.60. The molecule has 1 amide bonds. The Hall–Kier alpha value is -3.93. The van der Waals surface area contributed by atoms with E-state index in [1.807, 2.05) is 30.3 Å². The minimum absolute atomic E-state index is 0.206. The lowest BCUT2D eigenvalue weighted by Crippen LogP contribution is -2.16. The summed E-state index contributed by atoms with van der Waals surface area (Å²) in [6.07, 6.45) is 1.67.